The summed E-state index contributed by atoms with van der Waals surface area (Å²) in [6, 6.07) is 7.04. The van der Waals surface area contributed by atoms with Crippen molar-refractivity contribution in [2.45, 2.75) is 12.5 Å². The Morgan fingerprint density at radius 2 is 2.23 bits per heavy atom. The molecule has 3 nitrogen and oxygen atoms in total. The number of hydrogen-bond donors (Lipinski definition) is 1. The van der Waals surface area contributed by atoms with Crippen molar-refractivity contribution in [1.29, 1.82) is 0 Å². The summed E-state index contributed by atoms with van der Waals surface area (Å²) in [4.78, 5) is 10.7. The molecule has 0 aliphatic heterocycles. The van der Waals surface area contributed by atoms with E-state index < -0.39 is 11.5 Å². The number of hydrogen-bond acceptors (Lipinski definition) is 2. The van der Waals surface area contributed by atoms with E-state index in [-0.39, 0.29) is 0 Å². The molecule has 0 saturated carbocycles. The summed E-state index contributed by atoms with van der Waals surface area (Å²) >= 11 is 3.26. The first-order chi connectivity index (χ1) is 5.94. The van der Waals surface area contributed by atoms with Crippen LogP contribution in [0.2, 0.25) is 0 Å². The van der Waals surface area contributed by atoms with Gasteiger partial charge in [0.15, 0.2) is 5.54 Å². The van der Waals surface area contributed by atoms with E-state index in [1.807, 2.05) is 6.07 Å². The molecule has 0 radical (unpaired) electrons. The SMILES string of the molecule is C[C@@]([NH3+])(C(=O)[O-])c1cccc(Br)c1. The minimum atomic E-state index is -1.19. The van der Waals surface area contributed by atoms with Crippen LogP contribution >= 0.6 is 15.9 Å². The van der Waals surface area contributed by atoms with Crippen molar-refractivity contribution in [2.24, 2.45) is 0 Å². The van der Waals surface area contributed by atoms with E-state index in [1.165, 1.54) is 6.92 Å². The van der Waals surface area contributed by atoms with E-state index >= 15 is 0 Å². The molecule has 1 aromatic carbocycles. The van der Waals surface area contributed by atoms with Gasteiger partial charge in [0.1, 0.15) is 5.97 Å². The third-order valence-electron chi connectivity index (χ3n) is 1.91. The fourth-order valence-electron chi connectivity index (χ4n) is 0.950. The Kier molecular flexibility index (Phi) is 2.73. The molecule has 0 amide bonds. The monoisotopic (exact) mass is 243 g/mol. The molecule has 1 aromatic rings. The number of carbonyl (C=O) groups is 1. The van der Waals surface area contributed by atoms with Crippen LogP contribution in [0.3, 0.4) is 0 Å². The highest BCUT2D eigenvalue weighted by atomic mass is 79.9. The Morgan fingerprint density at radius 3 is 2.69 bits per heavy atom. The van der Waals surface area contributed by atoms with E-state index in [0.717, 1.165) is 4.47 Å². The van der Waals surface area contributed by atoms with Crippen molar-refractivity contribution in [3.63, 3.8) is 0 Å². The van der Waals surface area contributed by atoms with Crippen LogP contribution in [0.15, 0.2) is 28.7 Å². The van der Waals surface area contributed by atoms with Crippen LogP contribution in [0.5, 0.6) is 0 Å². The Bertz CT molecular complexity index is 336. The van der Waals surface area contributed by atoms with Gasteiger partial charge in [-0.3, -0.25) is 0 Å². The average Bonchev–Trinajstić information content (AvgIpc) is 2.04. The largest absolute Gasteiger partial charge is 0.543 e. The highest BCUT2D eigenvalue weighted by molar-refractivity contribution is 9.10. The molecule has 1 atom stereocenters. The number of carboxylic acid groups (broad SMARTS) is 1. The standard InChI is InChI=1S/C9H10BrNO2/c1-9(11,8(12)13)6-3-2-4-7(10)5-6/h2-5H,11H2,1H3,(H,12,13)/t9-/m0/s1. The summed E-state index contributed by atoms with van der Waals surface area (Å²) in [6.45, 7) is 1.52. The number of aliphatic carboxylic acids is 1. The highest BCUT2D eigenvalue weighted by Gasteiger charge is 2.27. The Hall–Kier alpha value is -0.870. The summed E-state index contributed by atoms with van der Waals surface area (Å²) < 4.78 is 0.834. The van der Waals surface area contributed by atoms with E-state index in [1.54, 1.807) is 18.2 Å². The van der Waals surface area contributed by atoms with Crippen molar-refractivity contribution in [2.75, 3.05) is 0 Å². The predicted molar refractivity (Wildman–Crippen MR) is 49.4 cm³/mol. The maximum Gasteiger partial charge on any atom is 0.157 e. The second-order valence-corrected chi connectivity index (χ2v) is 4.05. The van der Waals surface area contributed by atoms with Crippen molar-refractivity contribution < 1.29 is 15.6 Å². The lowest BCUT2D eigenvalue weighted by molar-refractivity contribution is -0.489. The van der Waals surface area contributed by atoms with Crippen LogP contribution in [0.25, 0.3) is 0 Å². The van der Waals surface area contributed by atoms with Crippen molar-refractivity contribution >= 4 is 21.9 Å². The predicted octanol–water partition coefficient (Wildman–Crippen LogP) is -0.344. The van der Waals surface area contributed by atoms with Gasteiger partial charge in [-0.2, -0.15) is 0 Å². The van der Waals surface area contributed by atoms with Gasteiger partial charge >= 0.3 is 0 Å². The molecular weight excluding hydrogens is 234 g/mol. The first-order valence-corrected chi connectivity index (χ1v) is 4.57. The van der Waals surface area contributed by atoms with Crippen LogP contribution in [0, 0.1) is 0 Å². The first-order valence-electron chi connectivity index (χ1n) is 3.77. The lowest BCUT2D eigenvalue weighted by Crippen LogP contribution is -2.75. The van der Waals surface area contributed by atoms with Gasteiger partial charge in [0.05, 0.1) is 0 Å². The molecule has 3 N–H and O–H groups in total. The topological polar surface area (TPSA) is 67.8 Å². The number of carboxylic acids is 1. The molecule has 4 heteroatoms. The highest BCUT2D eigenvalue weighted by Crippen LogP contribution is 2.19. The third-order valence-corrected chi connectivity index (χ3v) is 2.41. The molecule has 0 aliphatic carbocycles. The zero-order valence-corrected chi connectivity index (χ0v) is 8.80. The van der Waals surface area contributed by atoms with Crippen molar-refractivity contribution in [1.82, 2.24) is 0 Å². The lowest BCUT2D eigenvalue weighted by atomic mass is 9.94. The number of quaternary nitrogens is 1. The molecule has 0 heterocycles. The van der Waals surface area contributed by atoms with Gasteiger partial charge in [-0.25, -0.2) is 0 Å². The number of rotatable bonds is 2. The van der Waals surface area contributed by atoms with Gasteiger partial charge in [-0.05, 0) is 12.1 Å². The summed E-state index contributed by atoms with van der Waals surface area (Å²) in [7, 11) is 0. The zero-order chi connectivity index (χ0) is 10.1. The maximum atomic E-state index is 10.7. The number of benzene rings is 1. The third kappa shape index (κ3) is 2.08. The summed E-state index contributed by atoms with van der Waals surface area (Å²) in [6.07, 6.45) is 0. The molecule has 0 aromatic heterocycles. The molecular formula is C9H10BrNO2. The lowest BCUT2D eigenvalue weighted by Gasteiger charge is -2.22. The van der Waals surface area contributed by atoms with Gasteiger partial charge in [-0.1, -0.05) is 28.1 Å². The Labute approximate surface area is 84.7 Å². The molecule has 70 valence electrons. The van der Waals surface area contributed by atoms with Crippen LogP contribution in [0.4, 0.5) is 0 Å². The molecule has 0 bridgehead atoms. The van der Waals surface area contributed by atoms with Gasteiger partial charge in [0.25, 0.3) is 0 Å². The number of carbonyl (C=O) groups excluding carboxylic acids is 1. The van der Waals surface area contributed by atoms with Crippen molar-refractivity contribution in [3.8, 4) is 0 Å². The van der Waals surface area contributed by atoms with Crippen LogP contribution < -0.4 is 10.8 Å². The molecule has 0 saturated heterocycles. The fourth-order valence-corrected chi connectivity index (χ4v) is 1.35. The minimum absolute atomic E-state index is 0.627. The van der Waals surface area contributed by atoms with Crippen molar-refractivity contribution in [3.05, 3.63) is 34.3 Å². The Balaban J connectivity index is 3.14. The average molecular weight is 244 g/mol. The van der Waals surface area contributed by atoms with E-state index in [9.17, 15) is 9.90 Å². The van der Waals surface area contributed by atoms with E-state index in [0.29, 0.717) is 5.56 Å². The molecule has 13 heavy (non-hydrogen) atoms. The van der Waals surface area contributed by atoms with Gasteiger partial charge in [-0.15, -0.1) is 0 Å². The number of halogens is 1. The van der Waals surface area contributed by atoms with E-state index in [4.69, 9.17) is 0 Å². The maximum absolute atomic E-state index is 10.7. The second-order valence-electron chi connectivity index (χ2n) is 3.13. The Morgan fingerprint density at radius 1 is 1.62 bits per heavy atom. The van der Waals surface area contributed by atoms with Gasteiger partial charge in [0.2, 0.25) is 0 Å². The molecule has 1 rings (SSSR count). The fraction of sp³-hybridized carbons (Fsp3) is 0.222. The zero-order valence-electron chi connectivity index (χ0n) is 7.21. The minimum Gasteiger partial charge on any atom is -0.543 e. The molecule has 0 unspecified atom stereocenters. The van der Waals surface area contributed by atoms with Crippen LogP contribution in [-0.2, 0) is 10.3 Å². The molecule has 0 aliphatic rings. The van der Waals surface area contributed by atoms with Crippen LogP contribution in [-0.4, -0.2) is 5.97 Å². The molecule has 0 spiro atoms. The van der Waals surface area contributed by atoms with Crippen LogP contribution in [0.1, 0.15) is 12.5 Å². The summed E-state index contributed by atoms with van der Waals surface area (Å²) in [5, 5.41) is 10.7. The summed E-state index contributed by atoms with van der Waals surface area (Å²) in [5.41, 5.74) is 3.03. The van der Waals surface area contributed by atoms with Gasteiger partial charge in [0, 0.05) is 17.0 Å². The van der Waals surface area contributed by atoms with E-state index in [2.05, 4.69) is 21.7 Å². The quantitative estimate of drug-likeness (QED) is 0.773. The normalized spacial score (nSPS) is 15.0. The smallest absolute Gasteiger partial charge is 0.157 e. The molecule has 0 fully saturated rings. The summed E-state index contributed by atoms with van der Waals surface area (Å²) in [5.74, 6) is -1.18. The first kappa shape index (κ1) is 10.2. The van der Waals surface area contributed by atoms with Gasteiger partial charge < -0.3 is 15.6 Å². The second kappa shape index (κ2) is 3.47.